The number of likely N-dealkylation sites (tertiary alicyclic amines) is 1. The number of cyclic esters (lactones) is 1. The molecule has 3 aliphatic rings. The zero-order valence-corrected chi connectivity index (χ0v) is 46.0. The lowest BCUT2D eigenvalue weighted by Gasteiger charge is -2.44. The number of nitrogens with one attached hydrogen (secondary N) is 2. The molecule has 16 heteroatoms. The van der Waals surface area contributed by atoms with Crippen LogP contribution in [0.1, 0.15) is 97.6 Å². The van der Waals surface area contributed by atoms with Gasteiger partial charge in [-0.3, -0.25) is 29.3 Å². The van der Waals surface area contributed by atoms with E-state index >= 15 is 4.79 Å². The van der Waals surface area contributed by atoms with E-state index in [1.165, 1.54) is 16.8 Å². The number of carbonyl (C=O) groups is 4. The van der Waals surface area contributed by atoms with Gasteiger partial charge in [-0.05, 0) is 132 Å². The predicted molar refractivity (Wildman–Crippen MR) is 289 cm³/mol. The third kappa shape index (κ3) is 11.7. The number of thiol groups is 1. The Labute approximate surface area is 436 Å². The smallest absolute Gasteiger partial charge is 0.338 e. The van der Waals surface area contributed by atoms with Gasteiger partial charge in [0.1, 0.15) is 0 Å². The molecule has 2 aromatic carbocycles. The average molecular weight is 1020 g/mol. The molecule has 72 heavy (non-hydrogen) atoms. The maximum absolute atomic E-state index is 15.3. The lowest BCUT2D eigenvalue weighted by molar-refractivity contribution is -0.158. The van der Waals surface area contributed by atoms with E-state index in [0.29, 0.717) is 45.3 Å². The largest absolute Gasteiger partial charge is 0.463 e. The number of esters is 1. The molecular formula is C56H75N7O7S2. The molecule has 6 bridgehead atoms. The van der Waals surface area contributed by atoms with Crippen molar-refractivity contribution in [1.29, 1.82) is 0 Å². The molecule has 2 saturated heterocycles. The van der Waals surface area contributed by atoms with Gasteiger partial charge in [0.15, 0.2) is 9.74 Å². The van der Waals surface area contributed by atoms with Gasteiger partial charge in [0.25, 0.3) is 11.8 Å². The monoisotopic (exact) mass is 1020 g/mol. The molecule has 14 nitrogen and oxygen atoms in total. The molecule has 3 amide bonds. The van der Waals surface area contributed by atoms with Crippen molar-refractivity contribution in [2.24, 2.45) is 17.3 Å². The van der Waals surface area contributed by atoms with Crippen LogP contribution < -0.4 is 10.7 Å². The highest BCUT2D eigenvalue weighted by molar-refractivity contribution is 8.00. The summed E-state index contributed by atoms with van der Waals surface area (Å²) in [5.74, 6) is 3.52. The summed E-state index contributed by atoms with van der Waals surface area (Å²) in [6.07, 6.45) is 5.18. The molecule has 2 N–H and O–H groups in total. The van der Waals surface area contributed by atoms with Crippen LogP contribution in [0.4, 0.5) is 0 Å². The van der Waals surface area contributed by atoms with Crippen molar-refractivity contribution in [1.82, 2.24) is 35.1 Å². The van der Waals surface area contributed by atoms with Gasteiger partial charge in [-0.1, -0.05) is 63.9 Å². The summed E-state index contributed by atoms with van der Waals surface area (Å²) >= 11 is 6.18. The standard InChI is InChI=1S/C56H75N7O7S2/c1-13-62-46-21-20-40-30-43(46)44(49(62)42-19-15-26-57-48(42)37(4)68-11)32-53(5,6)35-70-52(67)55(71)24-16-27-63(59-55)51(66)56(72-12,31-38-17-14-18-39(40)29-38)58-50(65)45(36(2)3)34-69-41-23-28-61(33-41)47(64)22-25-54(7,8)60(9)10/h14-15,17-21,26,29-30,36-37,41,45,59,71H,13,16,23-24,27-28,31-35H2,1-12H3,(H,58,65)/t37-,41-,45?,55-,56+/m0/s1. The van der Waals surface area contributed by atoms with Gasteiger partial charge in [0, 0.05) is 67.8 Å². The van der Waals surface area contributed by atoms with Crippen LogP contribution >= 0.6 is 24.4 Å². The number of benzene rings is 2. The summed E-state index contributed by atoms with van der Waals surface area (Å²) < 4.78 is 20.8. The number of aromatic nitrogens is 2. The first-order valence-corrected chi connectivity index (χ1v) is 26.9. The molecule has 0 saturated carbocycles. The Balaban J connectivity index is 1.26. The van der Waals surface area contributed by atoms with Gasteiger partial charge >= 0.3 is 5.97 Å². The van der Waals surface area contributed by atoms with Crippen molar-refractivity contribution in [3.63, 3.8) is 0 Å². The Morgan fingerprint density at radius 3 is 2.51 bits per heavy atom. The molecule has 388 valence electrons. The molecule has 0 radical (unpaired) electrons. The van der Waals surface area contributed by atoms with E-state index in [1.807, 2.05) is 78.1 Å². The fraction of sp³-hybridized carbons (Fsp3) is 0.554. The highest BCUT2D eigenvalue weighted by Gasteiger charge is 2.49. The van der Waals surface area contributed by atoms with Gasteiger partial charge in [-0.2, -0.15) is 0 Å². The average Bonchev–Trinajstić information content (AvgIpc) is 3.95. The number of hydrogen-bond acceptors (Lipinski definition) is 12. The van der Waals surface area contributed by atoms with E-state index in [9.17, 15) is 14.4 Å². The summed E-state index contributed by atoms with van der Waals surface area (Å²) in [5, 5.41) is 5.77. The van der Waals surface area contributed by atoms with Gasteiger partial charge in [-0.15, -0.1) is 24.4 Å². The molecule has 1 unspecified atom stereocenters. The molecule has 2 aromatic heterocycles. The van der Waals surface area contributed by atoms with Crippen molar-refractivity contribution >= 4 is 59.0 Å². The molecule has 0 spiro atoms. The number of carbonyl (C=O) groups excluding carboxylic acids is 4. The lowest BCUT2D eigenvalue weighted by atomic mass is 9.84. The van der Waals surface area contributed by atoms with E-state index < -0.39 is 38.5 Å². The number of thioether (sulfide) groups is 1. The van der Waals surface area contributed by atoms with Crippen LogP contribution in [0.3, 0.4) is 0 Å². The number of ether oxygens (including phenoxy) is 3. The Morgan fingerprint density at radius 2 is 1.82 bits per heavy atom. The van der Waals surface area contributed by atoms with Gasteiger partial charge in [0.05, 0.1) is 48.3 Å². The zero-order chi connectivity index (χ0) is 52.3. The molecule has 7 rings (SSSR count). The van der Waals surface area contributed by atoms with Crippen LogP contribution in [0.2, 0.25) is 0 Å². The molecule has 5 heterocycles. The third-order valence-electron chi connectivity index (χ3n) is 14.8. The molecule has 0 aliphatic carbocycles. The Kier molecular flexibility index (Phi) is 17.0. The zero-order valence-electron chi connectivity index (χ0n) is 44.3. The van der Waals surface area contributed by atoms with E-state index in [4.69, 9.17) is 31.8 Å². The fourth-order valence-electron chi connectivity index (χ4n) is 9.81. The van der Waals surface area contributed by atoms with E-state index in [0.717, 1.165) is 50.1 Å². The number of nitrogens with zero attached hydrogens (tertiary/aromatic N) is 5. The van der Waals surface area contributed by atoms with Crippen LogP contribution in [0, 0.1) is 29.1 Å². The minimum absolute atomic E-state index is 0.0833. The number of amides is 3. The second-order valence-corrected chi connectivity index (χ2v) is 23.4. The molecule has 4 aromatic rings. The summed E-state index contributed by atoms with van der Waals surface area (Å²) in [5.41, 5.74) is 9.98. The van der Waals surface area contributed by atoms with Gasteiger partial charge < -0.3 is 29.0 Å². The second-order valence-electron chi connectivity index (χ2n) is 21.5. The SMILES string of the molecule is CCn1c(-c2cccnc2[C@H](C)OC)c2c3cc(ccc31)-c1cccc(c1)C[C@@](NC(=O)C(CO[C@H]1CCN(C(=O)C#CC(C)(C)N(C)C)C1)C(C)C)(SC)C(=O)N1CCC[C@@](S)(N1)C(=O)OCC(C)(C)C2. The number of hydrogen-bond donors (Lipinski definition) is 3. The predicted octanol–water partition coefficient (Wildman–Crippen LogP) is 7.93. The number of hydrazine groups is 1. The lowest BCUT2D eigenvalue weighted by Crippen LogP contribution is -2.68. The number of aryl methyl sites for hydroxylation is 1. The topological polar surface area (TPSA) is 148 Å². The maximum atomic E-state index is 15.3. The fourth-order valence-corrected chi connectivity index (χ4v) is 11.0. The molecule has 3 aliphatic heterocycles. The van der Waals surface area contributed by atoms with E-state index in [1.54, 1.807) is 18.2 Å². The van der Waals surface area contributed by atoms with Crippen LogP contribution in [-0.2, 0) is 52.8 Å². The Bertz CT molecular complexity index is 2730. The van der Waals surface area contributed by atoms with Crippen LogP contribution in [0.15, 0.2) is 60.8 Å². The highest BCUT2D eigenvalue weighted by atomic mass is 32.2. The first kappa shape index (κ1) is 54.9. The Hall–Kier alpha value is -4.89. The van der Waals surface area contributed by atoms with Gasteiger partial charge in [-0.25, -0.2) is 10.2 Å². The minimum Gasteiger partial charge on any atom is -0.463 e. The normalized spacial score (nSPS) is 22.6. The van der Waals surface area contributed by atoms with E-state index in [-0.39, 0.29) is 56.1 Å². The van der Waals surface area contributed by atoms with Crippen molar-refractivity contribution < 1.29 is 33.4 Å². The molecule has 5 atom stereocenters. The number of methoxy groups -OCH3 is 1. The van der Waals surface area contributed by atoms with Crippen LogP contribution in [0.25, 0.3) is 33.3 Å². The molecular weight excluding hydrogens is 947 g/mol. The first-order chi connectivity index (χ1) is 34.1. The molecule has 2 fully saturated rings. The summed E-state index contributed by atoms with van der Waals surface area (Å²) in [7, 11) is 5.55. The van der Waals surface area contributed by atoms with Crippen molar-refractivity contribution in [3.05, 3.63) is 77.6 Å². The third-order valence-corrected chi connectivity index (χ3v) is 16.4. The maximum Gasteiger partial charge on any atom is 0.338 e. The minimum atomic E-state index is -1.53. The highest BCUT2D eigenvalue weighted by Crippen LogP contribution is 2.43. The Morgan fingerprint density at radius 1 is 1.07 bits per heavy atom. The number of rotatable bonds is 12. The quantitative estimate of drug-likeness (QED) is 0.0551. The number of fused-ring (bicyclic) bond motifs is 6. The summed E-state index contributed by atoms with van der Waals surface area (Å²) in [6.45, 7) is 18.2. The van der Waals surface area contributed by atoms with Crippen LogP contribution in [0.5, 0.6) is 0 Å². The number of pyridine rings is 1. The van der Waals surface area contributed by atoms with Crippen LogP contribution in [-0.4, -0.2) is 130 Å². The van der Waals surface area contributed by atoms with Crippen molar-refractivity contribution in [2.45, 2.75) is 122 Å². The van der Waals surface area contributed by atoms with Crippen molar-refractivity contribution in [2.75, 3.05) is 60.3 Å². The first-order valence-electron chi connectivity index (χ1n) is 25.3. The summed E-state index contributed by atoms with van der Waals surface area (Å²) in [4.78, 5) is 63.1. The van der Waals surface area contributed by atoms with Gasteiger partial charge in [0.2, 0.25) is 5.91 Å². The second kappa shape index (κ2) is 22.3. The van der Waals surface area contributed by atoms with E-state index in [2.05, 4.69) is 84.3 Å². The van der Waals surface area contributed by atoms with Crippen molar-refractivity contribution in [3.8, 4) is 34.2 Å². The summed E-state index contributed by atoms with van der Waals surface area (Å²) in [6, 6.07) is 18.8.